The number of carbonyl (C=O) groups is 1. The summed E-state index contributed by atoms with van der Waals surface area (Å²) in [5.74, 6) is 0.725. The Morgan fingerprint density at radius 3 is 3.00 bits per heavy atom. The Morgan fingerprint density at radius 2 is 2.22 bits per heavy atom. The predicted molar refractivity (Wildman–Crippen MR) is 68.4 cm³/mol. The minimum atomic E-state index is -0.0327. The van der Waals surface area contributed by atoms with Gasteiger partial charge in [-0.3, -0.25) is 4.79 Å². The molecule has 0 spiro atoms. The van der Waals surface area contributed by atoms with Crippen molar-refractivity contribution in [3.63, 3.8) is 0 Å². The highest BCUT2D eigenvalue weighted by molar-refractivity contribution is 5.78. The number of fused-ring (bicyclic) bond motifs is 1. The first-order valence-electron chi connectivity index (χ1n) is 6.53. The van der Waals surface area contributed by atoms with Crippen molar-refractivity contribution >= 4 is 5.91 Å². The molecule has 0 aromatic heterocycles. The molecule has 0 bridgehead atoms. The van der Waals surface area contributed by atoms with Crippen molar-refractivity contribution in [2.45, 2.75) is 37.8 Å². The van der Waals surface area contributed by atoms with Gasteiger partial charge in [0, 0.05) is 12.1 Å². The maximum absolute atomic E-state index is 11.5. The molecule has 0 saturated heterocycles. The molecule has 1 amide bonds. The maximum atomic E-state index is 11.5. The van der Waals surface area contributed by atoms with Crippen LogP contribution >= 0.6 is 0 Å². The van der Waals surface area contributed by atoms with E-state index in [1.165, 1.54) is 11.1 Å². The molecule has 0 unspecified atom stereocenters. The molecule has 2 aliphatic rings. The molecule has 18 heavy (non-hydrogen) atoms. The lowest BCUT2D eigenvalue weighted by Crippen LogP contribution is -2.30. The summed E-state index contributed by atoms with van der Waals surface area (Å²) in [6.45, 7) is 0.0986. The highest BCUT2D eigenvalue weighted by Crippen LogP contribution is 2.31. The summed E-state index contributed by atoms with van der Waals surface area (Å²) in [5.41, 5.74) is 8.44. The molecule has 1 saturated carbocycles. The van der Waals surface area contributed by atoms with Gasteiger partial charge in [0.1, 0.15) is 5.75 Å². The van der Waals surface area contributed by atoms with Crippen molar-refractivity contribution in [3.05, 3.63) is 29.3 Å². The van der Waals surface area contributed by atoms with Gasteiger partial charge in [0.15, 0.2) is 6.61 Å². The molecule has 96 valence electrons. The number of carbonyl (C=O) groups excluding carboxylic acids is 1. The first kappa shape index (κ1) is 11.5. The second-order valence-corrected chi connectivity index (χ2v) is 5.14. The molecule has 3 N–H and O–H groups in total. The van der Waals surface area contributed by atoms with Gasteiger partial charge in [-0.2, -0.15) is 0 Å². The van der Waals surface area contributed by atoms with Crippen LogP contribution in [0.25, 0.3) is 0 Å². The molecule has 1 atom stereocenters. The summed E-state index contributed by atoms with van der Waals surface area (Å²) in [6, 6.07) is 6.47. The van der Waals surface area contributed by atoms with Crippen molar-refractivity contribution in [2.24, 2.45) is 5.73 Å². The average molecular weight is 246 g/mol. The number of amides is 1. The number of aryl methyl sites for hydroxylation is 1. The quantitative estimate of drug-likeness (QED) is 0.841. The van der Waals surface area contributed by atoms with Crippen molar-refractivity contribution in [2.75, 3.05) is 6.61 Å². The minimum Gasteiger partial charge on any atom is -0.484 e. The lowest BCUT2D eigenvalue weighted by atomic mass is 10.1. The van der Waals surface area contributed by atoms with E-state index in [1.54, 1.807) is 0 Å². The number of nitrogens with one attached hydrogen (secondary N) is 1. The van der Waals surface area contributed by atoms with Gasteiger partial charge in [-0.05, 0) is 48.9 Å². The Morgan fingerprint density at radius 1 is 1.39 bits per heavy atom. The molecule has 0 heterocycles. The Labute approximate surface area is 107 Å². The van der Waals surface area contributed by atoms with E-state index in [4.69, 9.17) is 10.5 Å². The Balaban J connectivity index is 1.58. The Bertz CT molecular complexity index is 469. The first-order valence-corrected chi connectivity index (χ1v) is 6.53. The normalized spacial score (nSPS) is 21.5. The van der Waals surface area contributed by atoms with Crippen LogP contribution < -0.4 is 15.8 Å². The number of rotatable bonds is 4. The fraction of sp³-hybridized carbons (Fsp3) is 0.500. The topological polar surface area (TPSA) is 64.3 Å². The van der Waals surface area contributed by atoms with Gasteiger partial charge in [0.2, 0.25) is 0 Å². The maximum Gasteiger partial charge on any atom is 0.258 e. The van der Waals surface area contributed by atoms with Gasteiger partial charge < -0.3 is 15.8 Å². The Hall–Kier alpha value is -1.55. The zero-order chi connectivity index (χ0) is 12.5. The van der Waals surface area contributed by atoms with E-state index < -0.39 is 0 Å². The fourth-order valence-corrected chi connectivity index (χ4v) is 2.36. The SMILES string of the molecule is N[C@@H]1CCc2cc(OCC(=O)NC3CC3)ccc21. The van der Waals surface area contributed by atoms with Crippen molar-refractivity contribution in [1.29, 1.82) is 0 Å². The van der Waals surface area contributed by atoms with E-state index in [0.29, 0.717) is 6.04 Å². The van der Waals surface area contributed by atoms with E-state index in [2.05, 4.69) is 5.32 Å². The van der Waals surface area contributed by atoms with Gasteiger partial charge in [0.25, 0.3) is 5.91 Å². The lowest BCUT2D eigenvalue weighted by Gasteiger charge is -2.09. The van der Waals surface area contributed by atoms with E-state index >= 15 is 0 Å². The first-order chi connectivity index (χ1) is 8.72. The summed E-state index contributed by atoms with van der Waals surface area (Å²) in [7, 11) is 0. The molecule has 1 aromatic carbocycles. The van der Waals surface area contributed by atoms with Crippen LogP contribution in [0.1, 0.15) is 36.4 Å². The number of benzene rings is 1. The van der Waals surface area contributed by atoms with Crippen molar-refractivity contribution < 1.29 is 9.53 Å². The summed E-state index contributed by atoms with van der Waals surface area (Å²) in [4.78, 5) is 11.5. The van der Waals surface area contributed by atoms with Gasteiger partial charge in [-0.15, -0.1) is 0 Å². The predicted octanol–water partition coefficient (Wildman–Crippen LogP) is 1.29. The van der Waals surface area contributed by atoms with E-state index in [-0.39, 0.29) is 18.6 Å². The summed E-state index contributed by atoms with van der Waals surface area (Å²) in [6.07, 6.45) is 4.20. The monoisotopic (exact) mass is 246 g/mol. The molecular formula is C14H18N2O2. The average Bonchev–Trinajstić information content (AvgIpc) is 3.10. The van der Waals surface area contributed by atoms with Crippen LogP contribution in [0.15, 0.2) is 18.2 Å². The second kappa shape index (κ2) is 4.61. The number of nitrogens with two attached hydrogens (primary N) is 1. The van der Waals surface area contributed by atoms with Crippen LogP contribution in [0.5, 0.6) is 5.75 Å². The summed E-state index contributed by atoms with van der Waals surface area (Å²) < 4.78 is 5.50. The molecule has 1 fully saturated rings. The van der Waals surface area contributed by atoms with Crippen LogP contribution in [0.2, 0.25) is 0 Å². The number of hydrogen-bond acceptors (Lipinski definition) is 3. The van der Waals surface area contributed by atoms with Crippen LogP contribution in [-0.4, -0.2) is 18.6 Å². The standard InChI is InChI=1S/C14H18N2O2/c15-13-6-1-9-7-11(4-5-12(9)13)18-8-14(17)16-10-2-3-10/h4-5,7,10,13H,1-3,6,8,15H2,(H,16,17)/t13-/m1/s1. The highest BCUT2D eigenvalue weighted by Gasteiger charge is 2.23. The molecule has 1 aromatic rings. The zero-order valence-electron chi connectivity index (χ0n) is 10.3. The van der Waals surface area contributed by atoms with Crippen LogP contribution in [0.3, 0.4) is 0 Å². The van der Waals surface area contributed by atoms with E-state index in [0.717, 1.165) is 31.4 Å². The molecular weight excluding hydrogens is 228 g/mol. The van der Waals surface area contributed by atoms with Gasteiger partial charge in [0.05, 0.1) is 0 Å². The summed E-state index contributed by atoms with van der Waals surface area (Å²) in [5, 5.41) is 2.90. The molecule has 3 rings (SSSR count). The van der Waals surface area contributed by atoms with Gasteiger partial charge in [-0.25, -0.2) is 0 Å². The van der Waals surface area contributed by atoms with E-state index in [9.17, 15) is 4.79 Å². The highest BCUT2D eigenvalue weighted by atomic mass is 16.5. The van der Waals surface area contributed by atoms with Crippen LogP contribution in [0.4, 0.5) is 0 Å². The summed E-state index contributed by atoms with van der Waals surface area (Å²) >= 11 is 0. The third-order valence-corrected chi connectivity index (χ3v) is 3.55. The van der Waals surface area contributed by atoms with Crippen LogP contribution in [-0.2, 0) is 11.2 Å². The van der Waals surface area contributed by atoms with E-state index in [1.807, 2.05) is 18.2 Å². The van der Waals surface area contributed by atoms with Gasteiger partial charge in [-0.1, -0.05) is 6.07 Å². The smallest absolute Gasteiger partial charge is 0.258 e. The fourth-order valence-electron chi connectivity index (χ4n) is 2.36. The molecule has 0 radical (unpaired) electrons. The number of hydrogen-bond donors (Lipinski definition) is 2. The third-order valence-electron chi connectivity index (χ3n) is 3.55. The largest absolute Gasteiger partial charge is 0.484 e. The minimum absolute atomic E-state index is 0.0327. The van der Waals surface area contributed by atoms with Crippen molar-refractivity contribution in [1.82, 2.24) is 5.32 Å². The van der Waals surface area contributed by atoms with Crippen molar-refractivity contribution in [3.8, 4) is 5.75 Å². The van der Waals surface area contributed by atoms with Crippen LogP contribution in [0, 0.1) is 0 Å². The Kier molecular flexibility index (Phi) is 2.96. The molecule has 4 nitrogen and oxygen atoms in total. The molecule has 0 aliphatic heterocycles. The zero-order valence-corrected chi connectivity index (χ0v) is 10.3. The second-order valence-electron chi connectivity index (χ2n) is 5.14. The molecule has 4 heteroatoms. The number of ether oxygens (including phenoxy) is 1. The third kappa shape index (κ3) is 2.48. The molecule has 2 aliphatic carbocycles. The lowest BCUT2D eigenvalue weighted by molar-refractivity contribution is -0.123. The van der Waals surface area contributed by atoms with Gasteiger partial charge >= 0.3 is 0 Å².